The fraction of sp³-hybridized carbons (Fsp3) is 0.647. The van der Waals surface area contributed by atoms with Crippen molar-refractivity contribution in [1.29, 1.82) is 0 Å². The van der Waals surface area contributed by atoms with Crippen molar-refractivity contribution in [3.8, 4) is 5.88 Å². The van der Waals surface area contributed by atoms with E-state index in [1.807, 2.05) is 18.2 Å². The lowest BCUT2D eigenvalue weighted by Crippen LogP contribution is -2.42. The van der Waals surface area contributed by atoms with Crippen LogP contribution in [0.3, 0.4) is 0 Å². The molecule has 0 saturated carbocycles. The Kier molecular flexibility index (Phi) is 8.33. The van der Waals surface area contributed by atoms with Crippen LogP contribution in [0.25, 0.3) is 0 Å². The van der Waals surface area contributed by atoms with Crippen LogP contribution in [0.2, 0.25) is 0 Å². The molecule has 0 bridgehead atoms. The average Bonchev–Trinajstić information content (AvgIpc) is 2.51. The van der Waals surface area contributed by atoms with Gasteiger partial charge in [-0.3, -0.25) is 0 Å². The molecule has 0 aliphatic rings. The van der Waals surface area contributed by atoms with E-state index in [0.717, 1.165) is 30.5 Å². The van der Waals surface area contributed by atoms with E-state index in [9.17, 15) is 0 Å². The van der Waals surface area contributed by atoms with Gasteiger partial charge in [0.1, 0.15) is 0 Å². The van der Waals surface area contributed by atoms with Gasteiger partial charge in [-0.1, -0.05) is 19.9 Å². The van der Waals surface area contributed by atoms with Crippen molar-refractivity contribution in [2.24, 2.45) is 10.9 Å². The molecule has 5 nitrogen and oxygen atoms in total. The molecule has 1 rings (SSSR count). The van der Waals surface area contributed by atoms with E-state index in [-0.39, 0.29) is 0 Å². The van der Waals surface area contributed by atoms with Crippen LogP contribution < -0.4 is 15.4 Å². The highest BCUT2D eigenvalue weighted by molar-refractivity contribution is 5.80. The monoisotopic (exact) mass is 306 g/mol. The first-order valence-corrected chi connectivity index (χ1v) is 8.09. The number of aliphatic imine (C=N–C) groups is 1. The Labute approximate surface area is 134 Å². The molecular weight excluding hydrogens is 276 g/mol. The summed E-state index contributed by atoms with van der Waals surface area (Å²) in [6.07, 6.45) is 2.35. The number of rotatable bonds is 8. The van der Waals surface area contributed by atoms with Crippen molar-refractivity contribution in [1.82, 2.24) is 15.6 Å². The Morgan fingerprint density at radius 1 is 1.27 bits per heavy atom. The first-order chi connectivity index (χ1) is 10.5. The highest BCUT2D eigenvalue weighted by atomic mass is 16.5. The molecule has 0 fully saturated rings. The molecule has 1 aromatic heterocycles. The van der Waals surface area contributed by atoms with Gasteiger partial charge in [-0.25, -0.2) is 9.98 Å². The number of hydrogen-bond acceptors (Lipinski definition) is 3. The molecule has 0 aliphatic carbocycles. The molecule has 0 spiro atoms. The summed E-state index contributed by atoms with van der Waals surface area (Å²) in [5.41, 5.74) is 0.895. The fourth-order valence-electron chi connectivity index (χ4n) is 2.03. The zero-order valence-corrected chi connectivity index (χ0v) is 14.5. The maximum Gasteiger partial charge on any atom is 0.213 e. The number of aromatic nitrogens is 1. The van der Waals surface area contributed by atoms with E-state index in [2.05, 4.69) is 48.3 Å². The van der Waals surface area contributed by atoms with Gasteiger partial charge in [0.2, 0.25) is 5.88 Å². The Balaban J connectivity index is 2.60. The van der Waals surface area contributed by atoms with Gasteiger partial charge in [-0.2, -0.15) is 0 Å². The highest BCUT2D eigenvalue weighted by Gasteiger charge is 2.06. The Hall–Kier alpha value is -1.78. The molecule has 0 aromatic carbocycles. The van der Waals surface area contributed by atoms with Crippen LogP contribution in [0.1, 0.15) is 46.2 Å². The van der Waals surface area contributed by atoms with Crippen LogP contribution >= 0.6 is 0 Å². The largest absolute Gasteiger partial charge is 0.481 e. The summed E-state index contributed by atoms with van der Waals surface area (Å²) in [7, 11) is 1.62. The van der Waals surface area contributed by atoms with Crippen molar-refractivity contribution in [2.45, 2.75) is 53.1 Å². The van der Waals surface area contributed by atoms with Crippen molar-refractivity contribution < 1.29 is 4.74 Å². The SMILES string of the molecule is CCNC(=NCc1cccc(OC)n1)NC(C)CCC(C)C. The van der Waals surface area contributed by atoms with Gasteiger partial charge in [-0.05, 0) is 38.7 Å². The average molecular weight is 306 g/mol. The second kappa shape index (κ2) is 10.0. The molecule has 0 saturated heterocycles. The molecule has 124 valence electrons. The minimum atomic E-state index is 0.401. The number of pyridine rings is 1. The standard InChI is InChI=1S/C17H30N4O/c1-6-18-17(20-14(4)11-10-13(2)3)19-12-15-8-7-9-16(21-15)22-5/h7-9,13-14H,6,10-12H2,1-5H3,(H2,18,19,20). The van der Waals surface area contributed by atoms with Crippen molar-refractivity contribution in [3.63, 3.8) is 0 Å². The molecule has 22 heavy (non-hydrogen) atoms. The summed E-state index contributed by atoms with van der Waals surface area (Å²) in [5, 5.41) is 6.73. The number of hydrogen-bond donors (Lipinski definition) is 2. The van der Waals surface area contributed by atoms with Gasteiger partial charge in [0.15, 0.2) is 5.96 Å². The van der Waals surface area contributed by atoms with E-state index in [1.165, 1.54) is 6.42 Å². The summed E-state index contributed by atoms with van der Waals surface area (Å²) in [6.45, 7) is 10.1. The number of nitrogens with zero attached hydrogens (tertiary/aromatic N) is 2. The Bertz CT molecular complexity index is 460. The minimum absolute atomic E-state index is 0.401. The Morgan fingerprint density at radius 2 is 2.05 bits per heavy atom. The lowest BCUT2D eigenvalue weighted by molar-refractivity contribution is 0.396. The van der Waals surface area contributed by atoms with Crippen LogP contribution in [0.15, 0.2) is 23.2 Å². The summed E-state index contributed by atoms with van der Waals surface area (Å²) in [4.78, 5) is 8.98. The van der Waals surface area contributed by atoms with E-state index in [0.29, 0.717) is 18.5 Å². The quantitative estimate of drug-likeness (QED) is 0.572. The number of methoxy groups -OCH3 is 1. The maximum absolute atomic E-state index is 5.14. The van der Waals surface area contributed by atoms with Crippen molar-refractivity contribution >= 4 is 5.96 Å². The van der Waals surface area contributed by atoms with Crippen LogP contribution in [-0.2, 0) is 6.54 Å². The van der Waals surface area contributed by atoms with E-state index in [1.54, 1.807) is 7.11 Å². The predicted octanol–water partition coefficient (Wildman–Crippen LogP) is 2.97. The predicted molar refractivity (Wildman–Crippen MR) is 92.3 cm³/mol. The number of guanidine groups is 1. The Morgan fingerprint density at radius 3 is 2.68 bits per heavy atom. The zero-order chi connectivity index (χ0) is 16.4. The van der Waals surface area contributed by atoms with Crippen LogP contribution in [-0.4, -0.2) is 30.6 Å². The van der Waals surface area contributed by atoms with Gasteiger partial charge in [0.05, 0.1) is 19.3 Å². The third-order valence-corrected chi connectivity index (χ3v) is 3.29. The van der Waals surface area contributed by atoms with Gasteiger partial charge in [0.25, 0.3) is 0 Å². The van der Waals surface area contributed by atoms with Gasteiger partial charge < -0.3 is 15.4 Å². The normalized spacial score (nSPS) is 13.1. The molecule has 0 radical (unpaired) electrons. The van der Waals surface area contributed by atoms with Gasteiger partial charge in [-0.15, -0.1) is 0 Å². The first-order valence-electron chi connectivity index (χ1n) is 8.09. The summed E-state index contributed by atoms with van der Waals surface area (Å²) >= 11 is 0. The molecule has 1 heterocycles. The van der Waals surface area contributed by atoms with Crippen LogP contribution in [0.5, 0.6) is 5.88 Å². The molecule has 1 atom stereocenters. The zero-order valence-electron chi connectivity index (χ0n) is 14.5. The van der Waals surface area contributed by atoms with Gasteiger partial charge >= 0.3 is 0 Å². The summed E-state index contributed by atoms with van der Waals surface area (Å²) in [5.74, 6) is 2.18. The van der Waals surface area contributed by atoms with E-state index in [4.69, 9.17) is 4.74 Å². The maximum atomic E-state index is 5.14. The lowest BCUT2D eigenvalue weighted by atomic mass is 10.0. The minimum Gasteiger partial charge on any atom is -0.481 e. The number of nitrogens with one attached hydrogen (secondary N) is 2. The first kappa shape index (κ1) is 18.3. The fourth-order valence-corrected chi connectivity index (χ4v) is 2.03. The molecule has 0 aliphatic heterocycles. The molecule has 2 N–H and O–H groups in total. The molecular formula is C17H30N4O. The molecule has 1 aromatic rings. The molecule has 0 amide bonds. The van der Waals surface area contributed by atoms with Crippen molar-refractivity contribution in [3.05, 3.63) is 23.9 Å². The third kappa shape index (κ3) is 7.29. The van der Waals surface area contributed by atoms with Gasteiger partial charge in [0, 0.05) is 18.7 Å². The topological polar surface area (TPSA) is 58.5 Å². The molecule has 1 unspecified atom stereocenters. The summed E-state index contributed by atoms with van der Waals surface area (Å²) in [6, 6.07) is 6.13. The number of ether oxygens (including phenoxy) is 1. The third-order valence-electron chi connectivity index (χ3n) is 3.29. The second-order valence-electron chi connectivity index (χ2n) is 5.88. The van der Waals surface area contributed by atoms with E-state index >= 15 is 0 Å². The lowest BCUT2D eigenvalue weighted by Gasteiger charge is -2.18. The smallest absolute Gasteiger partial charge is 0.213 e. The molecule has 5 heteroatoms. The highest BCUT2D eigenvalue weighted by Crippen LogP contribution is 2.08. The second-order valence-corrected chi connectivity index (χ2v) is 5.88. The van der Waals surface area contributed by atoms with Crippen LogP contribution in [0, 0.1) is 5.92 Å². The summed E-state index contributed by atoms with van der Waals surface area (Å²) < 4.78 is 5.14. The van der Waals surface area contributed by atoms with Crippen molar-refractivity contribution in [2.75, 3.05) is 13.7 Å². The van der Waals surface area contributed by atoms with Crippen LogP contribution in [0.4, 0.5) is 0 Å². The van der Waals surface area contributed by atoms with E-state index < -0.39 is 0 Å².